The maximum atomic E-state index is 12.7. The lowest BCUT2D eigenvalue weighted by Gasteiger charge is -2.10. The minimum atomic E-state index is -0.382. The lowest BCUT2D eigenvalue weighted by molar-refractivity contribution is 0.102. The van der Waals surface area contributed by atoms with E-state index in [1.54, 1.807) is 36.5 Å². The Morgan fingerprint density at radius 2 is 1.92 bits per heavy atom. The number of nitrogens with zero attached hydrogens (tertiary/aromatic N) is 3. The van der Waals surface area contributed by atoms with Gasteiger partial charge in [-0.05, 0) is 31.0 Å². The third kappa shape index (κ3) is 3.03. The van der Waals surface area contributed by atoms with Gasteiger partial charge in [0.2, 0.25) is 0 Å². The van der Waals surface area contributed by atoms with Crippen LogP contribution >= 0.6 is 0 Å². The van der Waals surface area contributed by atoms with Gasteiger partial charge >= 0.3 is 0 Å². The molecular weight excluding hydrogens is 304 g/mol. The predicted octanol–water partition coefficient (Wildman–Crippen LogP) is 2.76. The Morgan fingerprint density at radius 3 is 2.58 bits per heavy atom. The minimum Gasteiger partial charge on any atom is -0.305 e. The van der Waals surface area contributed by atoms with Crippen molar-refractivity contribution in [1.82, 2.24) is 14.8 Å². The summed E-state index contributed by atoms with van der Waals surface area (Å²) >= 11 is 0. The molecule has 0 aliphatic heterocycles. The number of rotatable bonds is 4. The van der Waals surface area contributed by atoms with Crippen molar-refractivity contribution in [3.8, 4) is 0 Å². The number of aryl methyl sites for hydroxylation is 2. The molecule has 0 atom stereocenters. The molecule has 0 spiro atoms. The van der Waals surface area contributed by atoms with Gasteiger partial charge in [-0.3, -0.25) is 9.59 Å². The van der Waals surface area contributed by atoms with Crippen LogP contribution in [0.4, 0.5) is 5.82 Å². The van der Waals surface area contributed by atoms with E-state index >= 15 is 0 Å². The molecule has 1 N–H and O–H groups in total. The average Bonchev–Trinajstić information content (AvgIpc) is 2.59. The van der Waals surface area contributed by atoms with E-state index in [0.29, 0.717) is 23.1 Å². The Balaban J connectivity index is 2.07. The number of carbonyl (C=O) groups is 1. The van der Waals surface area contributed by atoms with E-state index in [1.165, 1.54) is 4.68 Å². The Labute approximate surface area is 139 Å². The van der Waals surface area contributed by atoms with Crippen LogP contribution in [0.2, 0.25) is 0 Å². The first-order valence-corrected chi connectivity index (χ1v) is 7.84. The van der Waals surface area contributed by atoms with Gasteiger partial charge in [0.05, 0.1) is 5.39 Å². The number of hydrogen-bond acceptors (Lipinski definition) is 4. The molecule has 1 amide bonds. The van der Waals surface area contributed by atoms with Crippen molar-refractivity contribution < 1.29 is 4.79 Å². The summed E-state index contributed by atoms with van der Waals surface area (Å²) in [7, 11) is 0. The molecule has 0 aliphatic rings. The largest absolute Gasteiger partial charge is 0.305 e. The third-order valence-electron chi connectivity index (χ3n) is 3.67. The van der Waals surface area contributed by atoms with Gasteiger partial charge in [-0.25, -0.2) is 9.67 Å². The summed E-state index contributed by atoms with van der Waals surface area (Å²) in [5, 5.41) is 8.04. The first kappa shape index (κ1) is 15.9. The highest BCUT2D eigenvalue weighted by Gasteiger charge is 2.16. The van der Waals surface area contributed by atoms with Gasteiger partial charge in [-0.15, -0.1) is 0 Å². The Morgan fingerprint density at radius 1 is 1.17 bits per heavy atom. The topological polar surface area (TPSA) is 76.9 Å². The maximum Gasteiger partial charge on any atom is 0.277 e. The molecule has 0 radical (unpaired) electrons. The van der Waals surface area contributed by atoms with E-state index in [-0.39, 0.29) is 17.2 Å². The number of nitrogens with one attached hydrogen (secondary N) is 1. The summed E-state index contributed by atoms with van der Waals surface area (Å²) in [6.45, 7) is 4.35. The average molecular weight is 322 g/mol. The van der Waals surface area contributed by atoms with Crippen molar-refractivity contribution in [3.05, 3.63) is 64.2 Å². The van der Waals surface area contributed by atoms with Crippen molar-refractivity contribution in [3.63, 3.8) is 0 Å². The molecule has 3 aromatic rings. The molecule has 0 fully saturated rings. The molecule has 122 valence electrons. The van der Waals surface area contributed by atoms with E-state index in [4.69, 9.17) is 0 Å². The number of aromatic nitrogens is 3. The second-order valence-electron chi connectivity index (χ2n) is 5.60. The molecule has 0 saturated carbocycles. The first-order valence-electron chi connectivity index (χ1n) is 7.84. The predicted molar refractivity (Wildman–Crippen MR) is 93.2 cm³/mol. The molecule has 24 heavy (non-hydrogen) atoms. The number of benzene rings is 1. The highest BCUT2D eigenvalue weighted by molar-refractivity contribution is 6.10. The Kier molecular flexibility index (Phi) is 4.37. The fraction of sp³-hybridized carbons (Fsp3) is 0.222. The summed E-state index contributed by atoms with van der Waals surface area (Å²) in [4.78, 5) is 29.3. The van der Waals surface area contributed by atoms with E-state index < -0.39 is 0 Å². The second-order valence-corrected chi connectivity index (χ2v) is 5.60. The van der Waals surface area contributed by atoms with Crippen molar-refractivity contribution in [2.45, 2.75) is 26.8 Å². The number of carbonyl (C=O) groups excluding carboxylic acids is 1. The summed E-state index contributed by atoms with van der Waals surface area (Å²) in [6.07, 6.45) is 2.44. The Hall–Kier alpha value is -3.02. The molecule has 0 saturated heterocycles. The summed E-state index contributed by atoms with van der Waals surface area (Å²) in [5.41, 5.74) is 1.05. The van der Waals surface area contributed by atoms with Crippen molar-refractivity contribution in [2.24, 2.45) is 0 Å². The third-order valence-corrected chi connectivity index (χ3v) is 3.67. The number of anilines is 1. The van der Waals surface area contributed by atoms with Crippen LogP contribution in [0.3, 0.4) is 0 Å². The quantitative estimate of drug-likeness (QED) is 0.801. The fourth-order valence-corrected chi connectivity index (χ4v) is 2.48. The first-order chi connectivity index (χ1) is 11.6. The molecule has 2 aromatic heterocycles. The zero-order valence-corrected chi connectivity index (χ0v) is 13.6. The van der Waals surface area contributed by atoms with Gasteiger partial charge < -0.3 is 5.32 Å². The van der Waals surface area contributed by atoms with Crippen molar-refractivity contribution in [2.75, 3.05) is 5.32 Å². The van der Waals surface area contributed by atoms with E-state index in [2.05, 4.69) is 15.4 Å². The summed E-state index contributed by atoms with van der Waals surface area (Å²) < 4.78 is 1.35. The molecular formula is C18H18N4O2. The standard InChI is InChI=1S/C18H18N4O2/c1-3-10-22-18(24)14-7-5-4-6-13(14)16(21-22)17(23)20-15-9-8-12(2)11-19-15/h4-9,11H,3,10H2,1-2H3,(H,19,20,23). The zero-order valence-electron chi connectivity index (χ0n) is 13.6. The zero-order chi connectivity index (χ0) is 17.1. The molecule has 0 aliphatic carbocycles. The molecule has 3 rings (SSSR count). The highest BCUT2D eigenvalue weighted by atomic mass is 16.2. The van der Waals surface area contributed by atoms with Crippen LogP contribution in [0.25, 0.3) is 10.8 Å². The lowest BCUT2D eigenvalue weighted by atomic mass is 10.1. The molecule has 6 heteroatoms. The molecule has 2 heterocycles. The van der Waals surface area contributed by atoms with Crippen LogP contribution in [0.15, 0.2) is 47.4 Å². The fourth-order valence-electron chi connectivity index (χ4n) is 2.48. The number of pyridine rings is 1. The normalized spacial score (nSPS) is 10.8. The van der Waals surface area contributed by atoms with Crippen molar-refractivity contribution >= 4 is 22.5 Å². The summed E-state index contributed by atoms with van der Waals surface area (Å²) in [5.74, 6) is 0.0668. The van der Waals surface area contributed by atoms with Crippen LogP contribution < -0.4 is 10.9 Å². The van der Waals surface area contributed by atoms with Crippen LogP contribution in [-0.4, -0.2) is 20.7 Å². The lowest BCUT2D eigenvalue weighted by Crippen LogP contribution is -2.27. The summed E-state index contributed by atoms with van der Waals surface area (Å²) in [6, 6.07) is 10.6. The van der Waals surface area contributed by atoms with E-state index in [1.807, 2.05) is 19.9 Å². The van der Waals surface area contributed by atoms with Crippen molar-refractivity contribution in [1.29, 1.82) is 0 Å². The van der Waals surface area contributed by atoms with Gasteiger partial charge in [0.25, 0.3) is 11.5 Å². The molecule has 0 bridgehead atoms. The number of hydrogen-bond donors (Lipinski definition) is 1. The monoisotopic (exact) mass is 322 g/mol. The van der Waals surface area contributed by atoms with Crippen LogP contribution in [0.5, 0.6) is 0 Å². The van der Waals surface area contributed by atoms with E-state index in [0.717, 1.165) is 12.0 Å². The molecule has 0 unspecified atom stereocenters. The van der Waals surface area contributed by atoms with Gasteiger partial charge in [-0.1, -0.05) is 31.2 Å². The van der Waals surface area contributed by atoms with Gasteiger partial charge in [0.1, 0.15) is 5.82 Å². The smallest absolute Gasteiger partial charge is 0.277 e. The van der Waals surface area contributed by atoms with E-state index in [9.17, 15) is 9.59 Å². The highest BCUT2D eigenvalue weighted by Crippen LogP contribution is 2.15. The SMILES string of the molecule is CCCn1nc(C(=O)Nc2ccc(C)cn2)c2ccccc2c1=O. The Bertz CT molecular complexity index is 945. The molecule has 1 aromatic carbocycles. The second kappa shape index (κ2) is 6.62. The van der Waals surface area contributed by atoms with Gasteiger partial charge in [0.15, 0.2) is 5.69 Å². The number of amides is 1. The van der Waals surface area contributed by atoms with Crippen LogP contribution in [-0.2, 0) is 6.54 Å². The van der Waals surface area contributed by atoms with Gasteiger partial charge in [-0.2, -0.15) is 5.10 Å². The van der Waals surface area contributed by atoms with Crippen LogP contribution in [0, 0.1) is 6.92 Å². The molecule has 6 nitrogen and oxygen atoms in total. The minimum absolute atomic E-state index is 0.183. The maximum absolute atomic E-state index is 12.7. The van der Waals surface area contributed by atoms with Gasteiger partial charge in [0, 0.05) is 18.1 Å². The van der Waals surface area contributed by atoms with Crippen LogP contribution in [0.1, 0.15) is 29.4 Å². The number of fused-ring (bicyclic) bond motifs is 1.